The first kappa shape index (κ1) is 14.8. The minimum absolute atomic E-state index is 0.0420. The number of amides is 1. The lowest BCUT2D eigenvalue weighted by Gasteiger charge is -2.18. The second kappa shape index (κ2) is 4.73. The molecule has 0 aliphatic heterocycles. The predicted octanol–water partition coefficient (Wildman–Crippen LogP) is 3.44. The molecule has 0 saturated heterocycles. The number of carbonyl (C=O) groups excluding carboxylic acids is 1. The Morgan fingerprint density at radius 2 is 1.81 bits per heavy atom. The molecule has 4 nitrogen and oxygen atoms in total. The van der Waals surface area contributed by atoms with Crippen LogP contribution in [0.5, 0.6) is 0 Å². The van der Waals surface area contributed by atoms with Crippen molar-refractivity contribution in [3.8, 4) is 6.07 Å². The van der Waals surface area contributed by atoms with E-state index in [1.54, 1.807) is 0 Å². The zero-order chi connectivity index (χ0) is 15.8. The largest absolute Gasteiger partial charge is 0.463 e. The summed E-state index contributed by atoms with van der Waals surface area (Å²) in [5.41, 5.74) is -0.457. The van der Waals surface area contributed by atoms with Crippen molar-refractivity contribution < 1.29 is 31.2 Å². The van der Waals surface area contributed by atoms with Crippen LogP contribution in [-0.4, -0.2) is 18.0 Å². The average molecular weight is 304 g/mol. The summed E-state index contributed by atoms with van der Waals surface area (Å²) < 4.78 is 67.1. The fraction of sp³-hybridized carbons (Fsp3) is 0.167. The van der Waals surface area contributed by atoms with Crippen molar-refractivity contribution >= 4 is 22.6 Å². The van der Waals surface area contributed by atoms with Gasteiger partial charge >= 0.3 is 18.0 Å². The highest BCUT2D eigenvalue weighted by atomic mass is 19.4. The van der Waals surface area contributed by atoms with E-state index in [-0.39, 0.29) is 11.0 Å². The molecule has 0 radical (unpaired) electrons. The molecule has 21 heavy (non-hydrogen) atoms. The quantitative estimate of drug-likeness (QED) is 0.864. The van der Waals surface area contributed by atoms with Gasteiger partial charge in [-0.2, -0.15) is 27.2 Å². The molecule has 0 unspecified atom stereocenters. The van der Waals surface area contributed by atoms with Crippen LogP contribution < -0.4 is 5.32 Å². The topological polar surface area (TPSA) is 66.0 Å². The maximum Gasteiger partial charge on any atom is 0.463 e. The van der Waals surface area contributed by atoms with Gasteiger partial charge in [-0.15, -0.1) is 0 Å². The molecule has 0 spiro atoms. The highest BCUT2D eigenvalue weighted by Gasteiger charge is 2.63. The summed E-state index contributed by atoms with van der Waals surface area (Å²) in [6.45, 7) is 0. The third-order valence-corrected chi connectivity index (χ3v) is 2.58. The number of para-hydroxylation sites is 1. The molecular formula is C12H5F5N2O2. The normalized spacial score (nSPS) is 12.2. The molecule has 1 amide bonds. The molecule has 1 aromatic heterocycles. The third kappa shape index (κ3) is 2.40. The van der Waals surface area contributed by atoms with Gasteiger partial charge in [-0.1, -0.05) is 12.1 Å². The summed E-state index contributed by atoms with van der Waals surface area (Å²) in [6.07, 6.45) is -6.04. The lowest BCUT2D eigenvalue weighted by Crippen LogP contribution is -2.47. The number of hydrogen-bond donors (Lipinski definition) is 1. The summed E-state index contributed by atoms with van der Waals surface area (Å²) >= 11 is 0. The molecule has 9 heteroatoms. The second-order valence-electron chi connectivity index (χ2n) is 3.94. The number of fused-ring (bicyclic) bond motifs is 1. The van der Waals surface area contributed by atoms with E-state index >= 15 is 0 Å². The standard InChI is InChI=1S/C12H5F5N2O2/c13-11(14,12(15,16)17)10(20)19-9-6-3-1-2-4-7(6)21-8(9)5-18/h1-4H,(H,19,20). The monoisotopic (exact) mass is 304 g/mol. The molecule has 1 N–H and O–H groups in total. The number of benzene rings is 1. The average Bonchev–Trinajstić information content (AvgIpc) is 2.75. The van der Waals surface area contributed by atoms with Gasteiger partial charge in [0.05, 0.1) is 0 Å². The first-order chi connectivity index (χ1) is 9.68. The second-order valence-corrected chi connectivity index (χ2v) is 3.94. The van der Waals surface area contributed by atoms with Crippen molar-refractivity contribution in [3.63, 3.8) is 0 Å². The fourth-order valence-electron chi connectivity index (χ4n) is 1.57. The summed E-state index contributed by atoms with van der Waals surface area (Å²) in [5.74, 6) is -8.74. The lowest BCUT2D eigenvalue weighted by atomic mass is 10.2. The molecule has 2 aromatic rings. The zero-order valence-electron chi connectivity index (χ0n) is 9.96. The van der Waals surface area contributed by atoms with Crippen LogP contribution in [0.3, 0.4) is 0 Å². The molecule has 1 heterocycles. The van der Waals surface area contributed by atoms with E-state index in [1.165, 1.54) is 35.7 Å². The van der Waals surface area contributed by atoms with Gasteiger partial charge < -0.3 is 9.73 Å². The number of nitriles is 1. The molecule has 0 atom stereocenters. The van der Waals surface area contributed by atoms with E-state index < -0.39 is 29.5 Å². The maximum absolute atomic E-state index is 12.9. The lowest BCUT2D eigenvalue weighted by molar-refractivity contribution is -0.267. The van der Waals surface area contributed by atoms with Gasteiger partial charge in [0.2, 0.25) is 5.76 Å². The van der Waals surface area contributed by atoms with Gasteiger partial charge in [0.15, 0.2) is 0 Å². The Balaban J connectivity index is 2.45. The number of hydrogen-bond acceptors (Lipinski definition) is 3. The molecule has 0 saturated carbocycles. The smallest absolute Gasteiger partial charge is 0.443 e. The molecule has 0 fully saturated rings. The van der Waals surface area contributed by atoms with Crippen molar-refractivity contribution in [1.82, 2.24) is 0 Å². The number of halogens is 5. The Kier molecular flexibility index (Phi) is 3.33. The number of nitrogens with zero attached hydrogens (tertiary/aromatic N) is 1. The van der Waals surface area contributed by atoms with Crippen LogP contribution in [0.1, 0.15) is 5.76 Å². The number of carbonyl (C=O) groups is 1. The first-order valence-corrected chi connectivity index (χ1v) is 5.36. The molecule has 2 rings (SSSR count). The molecule has 0 aliphatic rings. The van der Waals surface area contributed by atoms with Crippen LogP contribution in [0.4, 0.5) is 27.6 Å². The van der Waals surface area contributed by atoms with E-state index in [0.717, 1.165) is 0 Å². The number of nitrogens with one attached hydrogen (secondary N) is 1. The van der Waals surface area contributed by atoms with Crippen LogP contribution >= 0.6 is 0 Å². The predicted molar refractivity (Wildman–Crippen MR) is 60.6 cm³/mol. The molecule has 0 bridgehead atoms. The molecule has 1 aromatic carbocycles. The van der Waals surface area contributed by atoms with Gasteiger partial charge in [-0.05, 0) is 12.1 Å². The molecule has 110 valence electrons. The molecule has 0 aliphatic carbocycles. The highest BCUT2D eigenvalue weighted by molar-refractivity contribution is 6.05. The van der Waals surface area contributed by atoms with Gasteiger partial charge in [0.25, 0.3) is 0 Å². The van der Waals surface area contributed by atoms with Crippen LogP contribution in [0.25, 0.3) is 11.0 Å². The molecular weight excluding hydrogens is 299 g/mol. The Hall–Kier alpha value is -2.63. The minimum atomic E-state index is -6.04. The van der Waals surface area contributed by atoms with Crippen LogP contribution in [0.15, 0.2) is 28.7 Å². The van der Waals surface area contributed by atoms with Crippen molar-refractivity contribution in [2.24, 2.45) is 0 Å². The summed E-state index contributed by atoms with van der Waals surface area (Å²) in [6, 6.07) is 7.09. The van der Waals surface area contributed by atoms with Crippen molar-refractivity contribution in [1.29, 1.82) is 5.26 Å². The van der Waals surface area contributed by atoms with E-state index in [0.29, 0.717) is 0 Å². The van der Waals surface area contributed by atoms with Crippen molar-refractivity contribution in [2.75, 3.05) is 5.32 Å². The highest BCUT2D eigenvalue weighted by Crippen LogP contribution is 2.38. The Labute approximate surface area is 113 Å². The SMILES string of the molecule is N#Cc1oc2ccccc2c1NC(=O)C(F)(F)C(F)(F)F. The van der Waals surface area contributed by atoms with E-state index in [9.17, 15) is 26.7 Å². The maximum atomic E-state index is 12.9. The summed E-state index contributed by atoms with van der Waals surface area (Å²) in [5, 5.41) is 10.2. The van der Waals surface area contributed by atoms with Gasteiger partial charge in [0.1, 0.15) is 17.3 Å². The van der Waals surface area contributed by atoms with E-state index in [1.807, 2.05) is 0 Å². The first-order valence-electron chi connectivity index (χ1n) is 5.36. The van der Waals surface area contributed by atoms with Crippen molar-refractivity contribution in [3.05, 3.63) is 30.0 Å². The number of alkyl halides is 5. The van der Waals surface area contributed by atoms with Crippen LogP contribution in [0.2, 0.25) is 0 Å². The van der Waals surface area contributed by atoms with E-state index in [4.69, 9.17) is 9.68 Å². The number of rotatable bonds is 2. The van der Waals surface area contributed by atoms with Gasteiger partial charge in [0, 0.05) is 5.39 Å². The summed E-state index contributed by atoms with van der Waals surface area (Å²) in [7, 11) is 0. The van der Waals surface area contributed by atoms with Crippen molar-refractivity contribution in [2.45, 2.75) is 12.1 Å². The minimum Gasteiger partial charge on any atom is -0.443 e. The summed E-state index contributed by atoms with van der Waals surface area (Å²) in [4.78, 5) is 11.2. The van der Waals surface area contributed by atoms with Gasteiger partial charge in [-0.3, -0.25) is 4.79 Å². The Morgan fingerprint density at radius 3 is 2.38 bits per heavy atom. The van der Waals surface area contributed by atoms with Crippen LogP contribution in [0, 0.1) is 11.3 Å². The Morgan fingerprint density at radius 1 is 1.19 bits per heavy atom. The van der Waals surface area contributed by atoms with Gasteiger partial charge in [-0.25, -0.2) is 0 Å². The number of anilines is 1. The number of furan rings is 1. The van der Waals surface area contributed by atoms with E-state index in [2.05, 4.69) is 0 Å². The Bertz CT molecular complexity index is 742. The fourth-order valence-corrected chi connectivity index (χ4v) is 1.57. The third-order valence-electron chi connectivity index (χ3n) is 2.58. The van der Waals surface area contributed by atoms with Crippen LogP contribution in [-0.2, 0) is 4.79 Å². The zero-order valence-corrected chi connectivity index (χ0v) is 9.96.